The molecule has 0 amide bonds. The molecule has 0 aromatic rings. The van der Waals surface area contributed by atoms with Crippen molar-refractivity contribution in [3.05, 3.63) is 11.8 Å². The summed E-state index contributed by atoms with van der Waals surface area (Å²) in [6.45, 7) is 1.76. The first-order chi connectivity index (χ1) is 5.22. The van der Waals surface area contributed by atoms with Gasteiger partial charge in [-0.1, -0.05) is 6.08 Å². The molecule has 0 atom stereocenters. The number of allylic oxidation sites excluding steroid dienone is 2. The SMILES string of the molecule is CC=C(N)C(=O)CCCCCl. The van der Waals surface area contributed by atoms with Crippen LogP contribution in [0.15, 0.2) is 11.8 Å². The molecule has 0 fully saturated rings. The third-order valence-corrected chi connectivity index (χ3v) is 1.69. The van der Waals surface area contributed by atoms with Crippen molar-refractivity contribution in [3.63, 3.8) is 0 Å². The fourth-order valence-electron chi connectivity index (χ4n) is 0.685. The number of ketones is 1. The van der Waals surface area contributed by atoms with Gasteiger partial charge in [0.2, 0.25) is 0 Å². The number of halogens is 1. The Labute approximate surface area is 72.4 Å². The Hall–Kier alpha value is -0.500. The highest BCUT2D eigenvalue weighted by Crippen LogP contribution is 2.01. The molecule has 0 aromatic carbocycles. The number of alkyl halides is 1. The van der Waals surface area contributed by atoms with Crippen LogP contribution in [0.3, 0.4) is 0 Å². The highest BCUT2D eigenvalue weighted by Gasteiger charge is 2.02. The van der Waals surface area contributed by atoms with E-state index in [9.17, 15) is 4.79 Å². The van der Waals surface area contributed by atoms with Crippen molar-refractivity contribution in [1.82, 2.24) is 0 Å². The highest BCUT2D eigenvalue weighted by molar-refractivity contribution is 6.17. The van der Waals surface area contributed by atoms with Gasteiger partial charge in [0.15, 0.2) is 5.78 Å². The van der Waals surface area contributed by atoms with Crippen LogP contribution < -0.4 is 5.73 Å². The van der Waals surface area contributed by atoms with Crippen LogP contribution >= 0.6 is 11.6 Å². The van der Waals surface area contributed by atoms with Gasteiger partial charge in [-0.05, 0) is 19.8 Å². The zero-order valence-electron chi connectivity index (χ0n) is 6.77. The van der Waals surface area contributed by atoms with Gasteiger partial charge < -0.3 is 5.73 Å². The summed E-state index contributed by atoms with van der Waals surface area (Å²) < 4.78 is 0. The molecular formula is C8H14ClNO. The van der Waals surface area contributed by atoms with E-state index < -0.39 is 0 Å². The van der Waals surface area contributed by atoms with E-state index in [4.69, 9.17) is 17.3 Å². The number of carbonyl (C=O) groups is 1. The maximum Gasteiger partial charge on any atom is 0.178 e. The van der Waals surface area contributed by atoms with Crippen molar-refractivity contribution >= 4 is 17.4 Å². The topological polar surface area (TPSA) is 43.1 Å². The van der Waals surface area contributed by atoms with Gasteiger partial charge in [0.05, 0.1) is 5.70 Å². The van der Waals surface area contributed by atoms with Crippen molar-refractivity contribution in [2.45, 2.75) is 26.2 Å². The van der Waals surface area contributed by atoms with Gasteiger partial charge in [-0.2, -0.15) is 0 Å². The van der Waals surface area contributed by atoms with Gasteiger partial charge in [0, 0.05) is 12.3 Å². The van der Waals surface area contributed by atoms with Crippen molar-refractivity contribution in [3.8, 4) is 0 Å². The molecule has 0 bridgehead atoms. The lowest BCUT2D eigenvalue weighted by atomic mass is 10.1. The molecule has 64 valence electrons. The minimum absolute atomic E-state index is 0.0256. The van der Waals surface area contributed by atoms with Gasteiger partial charge in [0.1, 0.15) is 0 Å². The predicted molar refractivity (Wildman–Crippen MR) is 47.5 cm³/mol. The van der Waals surface area contributed by atoms with Crippen molar-refractivity contribution in [1.29, 1.82) is 0 Å². The van der Waals surface area contributed by atoms with Gasteiger partial charge in [-0.25, -0.2) is 0 Å². The molecule has 0 aliphatic heterocycles. The number of carbonyl (C=O) groups excluding carboxylic acids is 1. The minimum atomic E-state index is 0.0256. The monoisotopic (exact) mass is 175 g/mol. The summed E-state index contributed by atoms with van der Waals surface area (Å²) >= 11 is 5.44. The minimum Gasteiger partial charge on any atom is -0.396 e. The Morgan fingerprint density at radius 2 is 2.18 bits per heavy atom. The van der Waals surface area contributed by atoms with Gasteiger partial charge >= 0.3 is 0 Å². The molecule has 0 rings (SSSR count). The molecule has 2 N–H and O–H groups in total. The molecular weight excluding hydrogens is 162 g/mol. The summed E-state index contributed by atoms with van der Waals surface area (Å²) in [6.07, 6.45) is 3.85. The van der Waals surface area contributed by atoms with E-state index in [0.29, 0.717) is 18.0 Å². The standard InChI is InChI=1S/C8H14ClNO/c1-2-7(10)8(11)5-3-4-6-9/h2H,3-6,10H2,1H3. The Morgan fingerprint density at radius 3 is 2.64 bits per heavy atom. The lowest BCUT2D eigenvalue weighted by Crippen LogP contribution is -2.10. The van der Waals surface area contributed by atoms with Crippen LogP contribution in [0, 0.1) is 0 Å². The molecule has 2 nitrogen and oxygen atoms in total. The molecule has 0 aromatic heterocycles. The van der Waals surface area contributed by atoms with Crippen molar-refractivity contribution in [2.24, 2.45) is 5.73 Å². The fraction of sp³-hybridized carbons (Fsp3) is 0.625. The fourth-order valence-corrected chi connectivity index (χ4v) is 0.874. The van der Waals surface area contributed by atoms with Crippen molar-refractivity contribution < 1.29 is 4.79 Å². The largest absolute Gasteiger partial charge is 0.396 e. The van der Waals surface area contributed by atoms with Crippen LogP contribution in [-0.2, 0) is 4.79 Å². The summed E-state index contributed by atoms with van der Waals surface area (Å²) in [4.78, 5) is 11.0. The quantitative estimate of drug-likeness (QED) is 0.394. The van der Waals surface area contributed by atoms with Crippen LogP contribution in [0.5, 0.6) is 0 Å². The number of rotatable bonds is 5. The number of Topliss-reactive ketones (excluding diaryl/α,β-unsaturated/α-hetero) is 1. The second-order valence-corrected chi connectivity index (χ2v) is 2.69. The Bertz CT molecular complexity index is 154. The third-order valence-electron chi connectivity index (χ3n) is 1.42. The van der Waals surface area contributed by atoms with E-state index >= 15 is 0 Å². The van der Waals surface area contributed by atoms with Crippen LogP contribution in [0.25, 0.3) is 0 Å². The zero-order valence-corrected chi connectivity index (χ0v) is 7.53. The predicted octanol–water partition coefficient (Wildman–Crippen LogP) is 1.83. The van der Waals surface area contributed by atoms with Crippen LogP contribution in [-0.4, -0.2) is 11.7 Å². The Balaban J connectivity index is 3.53. The molecule has 0 aliphatic carbocycles. The van der Waals surface area contributed by atoms with Gasteiger partial charge in [-0.3, -0.25) is 4.79 Å². The molecule has 11 heavy (non-hydrogen) atoms. The summed E-state index contributed by atoms with van der Waals surface area (Å²) in [5.41, 5.74) is 5.74. The van der Waals surface area contributed by atoms with E-state index in [0.717, 1.165) is 12.8 Å². The lowest BCUT2D eigenvalue weighted by molar-refractivity contribution is -0.115. The molecule has 0 radical (unpaired) electrons. The van der Waals surface area contributed by atoms with Gasteiger partial charge in [0.25, 0.3) is 0 Å². The lowest BCUT2D eigenvalue weighted by Gasteiger charge is -1.97. The highest BCUT2D eigenvalue weighted by atomic mass is 35.5. The Kier molecular flexibility index (Phi) is 5.94. The average molecular weight is 176 g/mol. The number of nitrogens with two attached hydrogens (primary N) is 1. The van der Waals surface area contributed by atoms with Crippen LogP contribution in [0.1, 0.15) is 26.2 Å². The van der Waals surface area contributed by atoms with Crippen LogP contribution in [0.4, 0.5) is 0 Å². The second kappa shape index (κ2) is 6.23. The molecule has 0 saturated heterocycles. The second-order valence-electron chi connectivity index (χ2n) is 2.31. The van der Waals surface area contributed by atoms with Crippen molar-refractivity contribution in [2.75, 3.05) is 5.88 Å². The first-order valence-electron chi connectivity index (χ1n) is 3.73. The number of hydrogen-bond acceptors (Lipinski definition) is 2. The van der Waals surface area contributed by atoms with E-state index in [2.05, 4.69) is 0 Å². The first kappa shape index (κ1) is 10.5. The third kappa shape index (κ3) is 4.85. The molecule has 0 aliphatic rings. The van der Waals surface area contributed by atoms with E-state index in [1.54, 1.807) is 13.0 Å². The average Bonchev–Trinajstić information content (AvgIpc) is 2.03. The van der Waals surface area contributed by atoms with E-state index in [-0.39, 0.29) is 5.78 Å². The first-order valence-corrected chi connectivity index (χ1v) is 4.26. The van der Waals surface area contributed by atoms with Crippen LogP contribution in [0.2, 0.25) is 0 Å². The maximum atomic E-state index is 11.0. The summed E-state index contributed by atoms with van der Waals surface area (Å²) in [6, 6.07) is 0. The zero-order chi connectivity index (χ0) is 8.69. The van der Waals surface area contributed by atoms with E-state index in [1.165, 1.54) is 0 Å². The molecule has 0 spiro atoms. The summed E-state index contributed by atoms with van der Waals surface area (Å²) in [5.74, 6) is 0.640. The smallest absolute Gasteiger partial charge is 0.178 e. The van der Waals surface area contributed by atoms with Gasteiger partial charge in [-0.15, -0.1) is 11.6 Å². The molecule has 3 heteroatoms. The number of unbranched alkanes of at least 4 members (excludes halogenated alkanes) is 1. The molecule has 0 heterocycles. The summed E-state index contributed by atoms with van der Waals surface area (Å²) in [7, 11) is 0. The molecule has 0 unspecified atom stereocenters. The number of hydrogen-bond donors (Lipinski definition) is 1. The summed E-state index contributed by atoms with van der Waals surface area (Å²) in [5, 5.41) is 0. The normalized spacial score (nSPS) is 11.6. The van der Waals surface area contributed by atoms with E-state index in [1.807, 2.05) is 0 Å². The Morgan fingerprint density at radius 1 is 1.55 bits per heavy atom. The molecule has 0 saturated carbocycles. The maximum absolute atomic E-state index is 11.0.